The van der Waals surface area contributed by atoms with Crippen LogP contribution in [0.4, 0.5) is 5.69 Å². The summed E-state index contributed by atoms with van der Waals surface area (Å²) in [7, 11) is 0. The topological polar surface area (TPSA) is 113 Å². The molecule has 22 heavy (non-hydrogen) atoms. The van der Waals surface area contributed by atoms with Crippen molar-refractivity contribution in [1.29, 1.82) is 0 Å². The average molecular weight is 298 g/mol. The number of nitrogens with zero attached hydrogens (tertiary/aromatic N) is 1. The van der Waals surface area contributed by atoms with E-state index in [1.165, 1.54) is 30.3 Å². The van der Waals surface area contributed by atoms with Crippen LogP contribution >= 0.6 is 0 Å². The van der Waals surface area contributed by atoms with Crippen molar-refractivity contribution >= 4 is 17.5 Å². The van der Waals surface area contributed by atoms with Crippen LogP contribution < -0.4 is 9.84 Å². The minimum absolute atomic E-state index is 0.0338. The van der Waals surface area contributed by atoms with Crippen LogP contribution in [0.1, 0.15) is 15.9 Å². The molecule has 1 N–H and O–H groups in total. The fourth-order valence-corrected chi connectivity index (χ4v) is 2.09. The molecule has 3 rings (SSSR count). The van der Waals surface area contributed by atoms with E-state index in [0.29, 0.717) is 11.1 Å². The second-order valence-corrected chi connectivity index (χ2v) is 4.60. The number of fused-ring (bicyclic) bond motifs is 1. The molecule has 0 radical (unpaired) electrons. The van der Waals surface area contributed by atoms with Crippen LogP contribution in [0.5, 0.6) is 17.2 Å². The van der Waals surface area contributed by atoms with Crippen LogP contribution in [0.25, 0.3) is 6.08 Å². The normalized spacial score (nSPS) is 14.7. The lowest BCUT2D eigenvalue weighted by Gasteiger charge is -2.06. The first-order valence-corrected chi connectivity index (χ1v) is 6.18. The average Bonchev–Trinajstić information content (AvgIpc) is 2.76. The van der Waals surface area contributed by atoms with Gasteiger partial charge in [0.15, 0.2) is 5.76 Å². The smallest absolute Gasteiger partial charge is 0.262 e. The monoisotopic (exact) mass is 298 g/mol. The van der Waals surface area contributed by atoms with Gasteiger partial charge in [-0.1, -0.05) is 12.1 Å². The van der Waals surface area contributed by atoms with Crippen molar-refractivity contribution in [3.05, 3.63) is 63.4 Å². The molecule has 0 saturated carbocycles. The molecule has 0 atom stereocenters. The van der Waals surface area contributed by atoms with Crippen LogP contribution in [-0.2, 0) is 0 Å². The number of benzene rings is 2. The molecule has 0 aliphatic carbocycles. The van der Waals surface area contributed by atoms with Gasteiger partial charge in [0.2, 0.25) is 5.78 Å². The Hall–Kier alpha value is -3.35. The Balaban J connectivity index is 1.99. The molecule has 7 heteroatoms. The molecule has 0 fully saturated rings. The minimum Gasteiger partial charge on any atom is -0.868 e. The largest absolute Gasteiger partial charge is 0.868 e. The van der Waals surface area contributed by atoms with Crippen LogP contribution in [0.2, 0.25) is 0 Å². The molecular weight excluding hydrogens is 290 g/mol. The van der Waals surface area contributed by atoms with Crippen LogP contribution in [0.3, 0.4) is 0 Å². The lowest BCUT2D eigenvalue weighted by atomic mass is 10.1. The van der Waals surface area contributed by atoms with E-state index >= 15 is 0 Å². The summed E-state index contributed by atoms with van der Waals surface area (Å²) < 4.78 is 5.34. The summed E-state index contributed by atoms with van der Waals surface area (Å²) in [6.45, 7) is 0. The number of nitro benzene ring substituents is 1. The van der Waals surface area contributed by atoms with Crippen LogP contribution in [-0.4, -0.2) is 15.8 Å². The first-order valence-electron chi connectivity index (χ1n) is 6.18. The van der Waals surface area contributed by atoms with E-state index in [9.17, 15) is 25.1 Å². The van der Waals surface area contributed by atoms with Gasteiger partial charge in [0.25, 0.3) is 5.69 Å². The lowest BCUT2D eigenvalue weighted by Crippen LogP contribution is -2.00. The number of ketones is 1. The zero-order valence-electron chi connectivity index (χ0n) is 11.0. The Morgan fingerprint density at radius 2 is 1.95 bits per heavy atom. The molecule has 110 valence electrons. The molecule has 2 aromatic rings. The molecule has 0 bridgehead atoms. The minimum atomic E-state index is -0.783. The third-order valence-corrected chi connectivity index (χ3v) is 3.13. The van der Waals surface area contributed by atoms with Crippen molar-refractivity contribution in [2.24, 2.45) is 0 Å². The Morgan fingerprint density at radius 1 is 1.18 bits per heavy atom. The van der Waals surface area contributed by atoms with Crippen LogP contribution in [0.15, 0.2) is 42.2 Å². The summed E-state index contributed by atoms with van der Waals surface area (Å²) in [5.41, 5.74) is 0.0145. The number of phenols is 1. The Morgan fingerprint density at radius 3 is 2.68 bits per heavy atom. The number of phenolic OH excluding ortho intramolecular Hbond substituents is 1. The summed E-state index contributed by atoms with van der Waals surface area (Å²) >= 11 is 0. The zero-order chi connectivity index (χ0) is 15.9. The van der Waals surface area contributed by atoms with E-state index in [2.05, 4.69) is 0 Å². The lowest BCUT2D eigenvalue weighted by molar-refractivity contribution is -0.398. The van der Waals surface area contributed by atoms with Gasteiger partial charge in [0, 0.05) is 12.1 Å². The van der Waals surface area contributed by atoms with Gasteiger partial charge in [-0.15, -0.1) is 0 Å². The number of ether oxygens (including phenoxy) is 1. The van der Waals surface area contributed by atoms with Gasteiger partial charge in [-0.3, -0.25) is 14.9 Å². The van der Waals surface area contributed by atoms with Crippen molar-refractivity contribution in [2.45, 2.75) is 0 Å². The zero-order valence-corrected chi connectivity index (χ0v) is 11.0. The maximum Gasteiger partial charge on any atom is 0.262 e. The number of carbonyl (C=O) groups excluding carboxylic acids is 1. The van der Waals surface area contributed by atoms with Gasteiger partial charge in [-0.25, -0.2) is 0 Å². The number of rotatable bonds is 2. The molecule has 0 unspecified atom stereocenters. The van der Waals surface area contributed by atoms with Crippen molar-refractivity contribution in [3.8, 4) is 17.2 Å². The first-order chi connectivity index (χ1) is 10.5. The molecule has 0 spiro atoms. The molecule has 1 aliphatic rings. The van der Waals surface area contributed by atoms with E-state index in [1.54, 1.807) is 0 Å². The highest BCUT2D eigenvalue weighted by Gasteiger charge is 2.27. The van der Waals surface area contributed by atoms with Crippen molar-refractivity contribution in [3.63, 3.8) is 0 Å². The van der Waals surface area contributed by atoms with Crippen molar-refractivity contribution < 1.29 is 24.7 Å². The fraction of sp³-hybridized carbons (Fsp3) is 0. The highest BCUT2D eigenvalue weighted by molar-refractivity contribution is 6.14. The first kappa shape index (κ1) is 13.6. The number of hydrogen-bond donors (Lipinski definition) is 1. The van der Waals surface area contributed by atoms with Crippen molar-refractivity contribution in [1.82, 2.24) is 0 Å². The van der Waals surface area contributed by atoms with E-state index in [1.807, 2.05) is 0 Å². The molecule has 0 saturated heterocycles. The Bertz CT molecular complexity index is 840. The molecule has 0 amide bonds. The maximum atomic E-state index is 12.1. The summed E-state index contributed by atoms with van der Waals surface area (Å²) in [6.07, 6.45) is 1.31. The molecule has 1 aliphatic heterocycles. The second kappa shape index (κ2) is 4.88. The summed E-state index contributed by atoms with van der Waals surface area (Å²) in [6, 6.07) is 7.59. The van der Waals surface area contributed by atoms with E-state index in [4.69, 9.17) is 4.74 Å². The second-order valence-electron chi connectivity index (χ2n) is 4.60. The van der Waals surface area contributed by atoms with Gasteiger partial charge >= 0.3 is 0 Å². The van der Waals surface area contributed by atoms with Gasteiger partial charge in [-0.05, 0) is 29.5 Å². The summed E-state index contributed by atoms with van der Waals surface area (Å²) in [5.74, 6) is -0.971. The molecular formula is C15H8NO6-. The number of aromatic hydroxyl groups is 1. The summed E-state index contributed by atoms with van der Waals surface area (Å²) in [4.78, 5) is 22.1. The Kier molecular flexibility index (Phi) is 3.03. The van der Waals surface area contributed by atoms with Crippen molar-refractivity contribution in [2.75, 3.05) is 0 Å². The van der Waals surface area contributed by atoms with Gasteiger partial charge in [-0.2, -0.15) is 0 Å². The standard InChI is InChI=1S/C15H9NO6/c17-9-2-3-10-13(7-9)22-14(15(10)19)6-8-1-4-12(18)11(5-8)16(20)21/h1-7,17-18H/p-1/b14-6-. The number of Topliss-reactive ketones (excluding diaryl/α,β-unsaturated/α-hetero) is 1. The Labute approximate surface area is 123 Å². The number of allylic oxidation sites excluding steroid dienone is 1. The number of carbonyl (C=O) groups is 1. The van der Waals surface area contributed by atoms with Gasteiger partial charge in [0.05, 0.1) is 10.5 Å². The molecule has 2 aromatic carbocycles. The molecule has 1 heterocycles. The van der Waals surface area contributed by atoms with Crippen LogP contribution in [0, 0.1) is 10.1 Å². The maximum absolute atomic E-state index is 12.1. The molecule has 0 aromatic heterocycles. The predicted octanol–water partition coefficient (Wildman–Crippen LogP) is 1.99. The predicted molar refractivity (Wildman–Crippen MR) is 73.6 cm³/mol. The number of nitro groups is 1. The van der Waals surface area contributed by atoms with E-state index < -0.39 is 22.1 Å². The third kappa shape index (κ3) is 2.24. The highest BCUT2D eigenvalue weighted by atomic mass is 16.6. The molecule has 7 nitrogen and oxygen atoms in total. The third-order valence-electron chi connectivity index (χ3n) is 3.13. The van der Waals surface area contributed by atoms with E-state index in [0.717, 1.165) is 12.1 Å². The summed E-state index contributed by atoms with van der Waals surface area (Å²) in [5, 5.41) is 31.5. The fourth-order valence-electron chi connectivity index (χ4n) is 2.09. The number of hydrogen-bond acceptors (Lipinski definition) is 6. The van der Waals surface area contributed by atoms with E-state index in [-0.39, 0.29) is 17.3 Å². The quantitative estimate of drug-likeness (QED) is 0.515. The van der Waals surface area contributed by atoms with Gasteiger partial charge < -0.3 is 14.9 Å². The highest BCUT2D eigenvalue weighted by Crippen LogP contribution is 2.35. The van der Waals surface area contributed by atoms with Gasteiger partial charge in [0.1, 0.15) is 11.5 Å². The SMILES string of the molecule is O=C1/C(=C/c2ccc([O-])c([N+](=O)[O-])c2)Oc2cc(O)ccc21.